The summed E-state index contributed by atoms with van der Waals surface area (Å²) in [7, 11) is 1.53. The van der Waals surface area contributed by atoms with Crippen molar-refractivity contribution >= 4 is 34.7 Å². The molecule has 1 fully saturated rings. The van der Waals surface area contributed by atoms with E-state index in [0.717, 1.165) is 11.1 Å². The van der Waals surface area contributed by atoms with Crippen LogP contribution in [-0.2, 0) is 0 Å². The Labute approximate surface area is 186 Å². The van der Waals surface area contributed by atoms with E-state index in [9.17, 15) is 13.6 Å². The predicted octanol–water partition coefficient (Wildman–Crippen LogP) is 5.56. The summed E-state index contributed by atoms with van der Waals surface area (Å²) < 4.78 is 32.4. The van der Waals surface area contributed by atoms with Crippen LogP contribution < -0.4 is 10.1 Å². The van der Waals surface area contributed by atoms with Crippen molar-refractivity contribution in [3.63, 3.8) is 0 Å². The molecule has 31 heavy (non-hydrogen) atoms. The number of ether oxygens (including phenoxy) is 1. The molecule has 1 saturated heterocycles. The minimum Gasteiger partial charge on any atom is -0.495 e. The molecule has 1 N–H and O–H groups in total. The van der Waals surface area contributed by atoms with Crippen LogP contribution in [0.25, 0.3) is 10.6 Å². The summed E-state index contributed by atoms with van der Waals surface area (Å²) in [5.41, 5.74) is 0.745. The number of nitrogens with zero attached hydrogens (tertiary/aromatic N) is 3. The van der Waals surface area contributed by atoms with Gasteiger partial charge >= 0.3 is 6.03 Å². The van der Waals surface area contributed by atoms with Crippen LogP contribution in [0.2, 0.25) is 5.02 Å². The number of likely N-dealkylation sites (tertiary alicyclic amines) is 1. The van der Waals surface area contributed by atoms with Gasteiger partial charge in [-0.25, -0.2) is 13.6 Å². The molecule has 10 heteroatoms. The van der Waals surface area contributed by atoms with Crippen LogP contribution >= 0.6 is 22.9 Å². The lowest BCUT2D eigenvalue weighted by Gasteiger charge is -2.31. The highest BCUT2D eigenvalue weighted by Crippen LogP contribution is 2.35. The molecule has 0 aliphatic carbocycles. The summed E-state index contributed by atoms with van der Waals surface area (Å²) in [6, 6.07) is 8.20. The van der Waals surface area contributed by atoms with E-state index in [1.54, 1.807) is 23.1 Å². The van der Waals surface area contributed by atoms with Crippen molar-refractivity contribution in [3.05, 3.63) is 58.1 Å². The van der Waals surface area contributed by atoms with E-state index in [-0.39, 0.29) is 17.5 Å². The molecule has 0 spiro atoms. The SMILES string of the molecule is COc1ccc(Cl)cc1NC(=O)N1CCC(c2nnc(-c3ccc(F)cc3F)s2)CC1. The molecule has 0 atom stereocenters. The van der Waals surface area contributed by atoms with Gasteiger partial charge in [0, 0.05) is 35.7 Å². The molecule has 1 aliphatic heterocycles. The fourth-order valence-corrected chi connectivity index (χ4v) is 4.68. The predicted molar refractivity (Wildman–Crippen MR) is 116 cm³/mol. The molecule has 0 bridgehead atoms. The molecule has 1 aromatic heterocycles. The smallest absolute Gasteiger partial charge is 0.321 e. The normalized spacial score (nSPS) is 14.5. The average Bonchev–Trinajstić information content (AvgIpc) is 3.24. The highest BCUT2D eigenvalue weighted by Gasteiger charge is 2.27. The molecular weight excluding hydrogens is 446 g/mol. The molecule has 2 amide bonds. The Kier molecular flexibility index (Phi) is 6.33. The first-order valence-corrected chi connectivity index (χ1v) is 10.8. The van der Waals surface area contributed by atoms with E-state index in [2.05, 4.69) is 15.5 Å². The van der Waals surface area contributed by atoms with E-state index in [4.69, 9.17) is 16.3 Å². The van der Waals surface area contributed by atoms with Crippen LogP contribution in [-0.4, -0.2) is 41.3 Å². The number of benzene rings is 2. The zero-order chi connectivity index (χ0) is 22.0. The largest absolute Gasteiger partial charge is 0.495 e. The topological polar surface area (TPSA) is 67.3 Å². The Morgan fingerprint density at radius 1 is 1.19 bits per heavy atom. The van der Waals surface area contributed by atoms with Crippen molar-refractivity contribution in [2.24, 2.45) is 0 Å². The number of urea groups is 1. The van der Waals surface area contributed by atoms with Gasteiger partial charge in [-0.15, -0.1) is 10.2 Å². The molecular formula is C21H19ClF2N4O2S. The van der Waals surface area contributed by atoms with Gasteiger partial charge in [0.05, 0.1) is 12.8 Å². The van der Waals surface area contributed by atoms with Crippen LogP contribution in [0.4, 0.5) is 19.3 Å². The van der Waals surface area contributed by atoms with Gasteiger partial charge in [-0.2, -0.15) is 0 Å². The summed E-state index contributed by atoms with van der Waals surface area (Å²) in [5, 5.41) is 12.8. The third-order valence-electron chi connectivity index (χ3n) is 5.14. The number of halogens is 3. The Morgan fingerprint density at radius 2 is 1.97 bits per heavy atom. The maximum atomic E-state index is 14.0. The quantitative estimate of drug-likeness (QED) is 0.549. The number of anilines is 1. The van der Waals surface area contributed by atoms with Crippen molar-refractivity contribution in [3.8, 4) is 16.3 Å². The number of aromatic nitrogens is 2. The van der Waals surface area contributed by atoms with E-state index in [1.807, 2.05) is 0 Å². The molecule has 3 aromatic rings. The van der Waals surface area contributed by atoms with Crippen LogP contribution in [0.15, 0.2) is 36.4 Å². The van der Waals surface area contributed by atoms with Gasteiger partial charge in [0.1, 0.15) is 22.4 Å². The number of methoxy groups -OCH3 is 1. The number of amides is 2. The van der Waals surface area contributed by atoms with Crippen molar-refractivity contribution in [1.82, 2.24) is 15.1 Å². The Hall–Kier alpha value is -2.78. The molecule has 2 heterocycles. The van der Waals surface area contributed by atoms with E-state index >= 15 is 0 Å². The van der Waals surface area contributed by atoms with Crippen molar-refractivity contribution in [2.45, 2.75) is 18.8 Å². The zero-order valence-electron chi connectivity index (χ0n) is 16.6. The third-order valence-corrected chi connectivity index (χ3v) is 6.49. The lowest BCUT2D eigenvalue weighted by molar-refractivity contribution is 0.194. The van der Waals surface area contributed by atoms with Crippen LogP contribution in [0, 0.1) is 11.6 Å². The molecule has 162 valence electrons. The van der Waals surface area contributed by atoms with Crippen LogP contribution in [0.3, 0.4) is 0 Å². The standard InChI is InChI=1S/C21H19ClF2N4O2S/c1-30-18-5-2-13(22)10-17(18)25-21(29)28-8-6-12(7-9-28)19-26-27-20(31-19)15-4-3-14(23)11-16(15)24/h2-5,10-12H,6-9H2,1H3,(H,25,29). The van der Waals surface area contributed by atoms with Gasteiger partial charge in [-0.1, -0.05) is 22.9 Å². The number of nitrogens with one attached hydrogen (secondary N) is 1. The number of piperidine rings is 1. The summed E-state index contributed by atoms with van der Waals surface area (Å²) in [4.78, 5) is 14.4. The lowest BCUT2D eigenvalue weighted by Crippen LogP contribution is -2.40. The fourth-order valence-electron chi connectivity index (χ4n) is 3.47. The second kappa shape index (κ2) is 9.15. The fraction of sp³-hybridized carbons (Fsp3) is 0.286. The van der Waals surface area contributed by atoms with Gasteiger partial charge in [0.15, 0.2) is 5.01 Å². The van der Waals surface area contributed by atoms with E-state index in [1.165, 1.54) is 30.6 Å². The lowest BCUT2D eigenvalue weighted by atomic mass is 9.98. The minimum absolute atomic E-state index is 0.125. The maximum absolute atomic E-state index is 14.0. The average molecular weight is 465 g/mol. The number of hydrogen-bond donors (Lipinski definition) is 1. The monoisotopic (exact) mass is 464 g/mol. The van der Waals surface area contributed by atoms with E-state index in [0.29, 0.717) is 47.4 Å². The molecule has 1 aliphatic rings. The Morgan fingerprint density at radius 3 is 2.68 bits per heavy atom. The molecule has 0 saturated carbocycles. The van der Waals surface area contributed by atoms with Gasteiger partial charge in [-0.3, -0.25) is 0 Å². The van der Waals surface area contributed by atoms with Gasteiger partial charge in [0.2, 0.25) is 0 Å². The van der Waals surface area contributed by atoms with Crippen molar-refractivity contribution in [2.75, 3.05) is 25.5 Å². The van der Waals surface area contributed by atoms with Crippen LogP contribution in [0.5, 0.6) is 5.75 Å². The summed E-state index contributed by atoms with van der Waals surface area (Å²) in [6.45, 7) is 1.08. The minimum atomic E-state index is -0.661. The second-order valence-electron chi connectivity index (χ2n) is 7.11. The summed E-state index contributed by atoms with van der Waals surface area (Å²) >= 11 is 7.32. The third kappa shape index (κ3) is 4.77. The molecule has 2 aromatic carbocycles. The first-order chi connectivity index (χ1) is 14.9. The van der Waals surface area contributed by atoms with Crippen molar-refractivity contribution < 1.29 is 18.3 Å². The highest BCUT2D eigenvalue weighted by molar-refractivity contribution is 7.14. The first kappa shape index (κ1) is 21.5. The Bertz CT molecular complexity index is 1100. The molecule has 0 radical (unpaired) electrons. The van der Waals surface area contributed by atoms with Crippen molar-refractivity contribution in [1.29, 1.82) is 0 Å². The summed E-state index contributed by atoms with van der Waals surface area (Å²) in [6.07, 6.45) is 1.42. The number of hydrogen-bond acceptors (Lipinski definition) is 5. The molecule has 6 nitrogen and oxygen atoms in total. The summed E-state index contributed by atoms with van der Waals surface area (Å²) in [5.74, 6) is -0.640. The highest BCUT2D eigenvalue weighted by atomic mass is 35.5. The van der Waals surface area contributed by atoms with Gasteiger partial charge in [0.25, 0.3) is 0 Å². The van der Waals surface area contributed by atoms with Crippen LogP contribution in [0.1, 0.15) is 23.8 Å². The second-order valence-corrected chi connectivity index (χ2v) is 8.55. The van der Waals surface area contributed by atoms with Gasteiger partial charge in [-0.05, 0) is 43.2 Å². The van der Waals surface area contributed by atoms with Gasteiger partial charge < -0.3 is 15.0 Å². The molecule has 0 unspecified atom stereocenters. The van der Waals surface area contributed by atoms with E-state index < -0.39 is 11.6 Å². The number of rotatable bonds is 4. The number of carbonyl (C=O) groups is 1. The Balaban J connectivity index is 1.38. The maximum Gasteiger partial charge on any atom is 0.321 e. The zero-order valence-corrected chi connectivity index (χ0v) is 18.1. The number of carbonyl (C=O) groups excluding carboxylic acids is 1. The first-order valence-electron chi connectivity index (χ1n) is 9.63. The molecule has 4 rings (SSSR count).